The number of esters is 1. The summed E-state index contributed by atoms with van der Waals surface area (Å²) in [5, 5.41) is 2.42. The molecule has 154 valence electrons. The molecule has 0 saturated carbocycles. The van der Waals surface area contributed by atoms with Crippen molar-refractivity contribution in [1.82, 2.24) is 4.31 Å². The van der Waals surface area contributed by atoms with Gasteiger partial charge in [0.2, 0.25) is 10.0 Å². The number of anilines is 1. The maximum Gasteiger partial charge on any atom is 0.331 e. The Morgan fingerprint density at radius 3 is 2.55 bits per heavy atom. The van der Waals surface area contributed by atoms with Crippen LogP contribution in [-0.4, -0.2) is 45.3 Å². The van der Waals surface area contributed by atoms with Crippen molar-refractivity contribution in [2.24, 2.45) is 0 Å². The molecule has 2 rings (SSSR count). The van der Waals surface area contributed by atoms with E-state index < -0.39 is 34.3 Å². The molecule has 2 aromatic carbocycles. The fourth-order valence-corrected chi connectivity index (χ4v) is 3.52. The second kappa shape index (κ2) is 9.64. The average Bonchev–Trinajstić information content (AvgIpc) is 2.67. The van der Waals surface area contributed by atoms with E-state index in [1.807, 2.05) is 0 Å². The number of carbonyl (C=O) groups excluding carboxylic acids is 2. The molecule has 0 aliphatic heterocycles. The lowest BCUT2D eigenvalue weighted by molar-refractivity contribution is -0.142. The zero-order valence-corrected chi connectivity index (χ0v) is 17.1. The zero-order valence-electron chi connectivity index (χ0n) is 15.6. The van der Waals surface area contributed by atoms with Crippen LogP contribution in [0.3, 0.4) is 0 Å². The molecular weight excluding hydrogens is 423 g/mol. The molecule has 1 N–H and O–H groups in total. The molecule has 1 amide bonds. The Morgan fingerprint density at radius 2 is 1.90 bits per heavy atom. The van der Waals surface area contributed by atoms with Crippen LogP contribution in [0.4, 0.5) is 10.1 Å². The first-order valence-electron chi connectivity index (χ1n) is 8.22. The quantitative estimate of drug-likeness (QED) is 0.528. The van der Waals surface area contributed by atoms with Crippen LogP contribution < -0.4 is 5.32 Å². The highest BCUT2D eigenvalue weighted by Crippen LogP contribution is 2.26. The van der Waals surface area contributed by atoms with Gasteiger partial charge in [0, 0.05) is 31.4 Å². The Balaban J connectivity index is 1.98. The highest BCUT2D eigenvalue weighted by molar-refractivity contribution is 7.89. The van der Waals surface area contributed by atoms with Crippen LogP contribution in [0.1, 0.15) is 5.56 Å². The topological polar surface area (TPSA) is 92.8 Å². The molecule has 0 aromatic heterocycles. The van der Waals surface area contributed by atoms with Gasteiger partial charge in [-0.05, 0) is 30.3 Å². The Hall–Kier alpha value is -2.75. The predicted molar refractivity (Wildman–Crippen MR) is 107 cm³/mol. The van der Waals surface area contributed by atoms with Gasteiger partial charge in [0.05, 0.1) is 5.02 Å². The third-order valence-electron chi connectivity index (χ3n) is 3.62. The highest BCUT2D eigenvalue weighted by atomic mass is 35.5. The molecular formula is C19H18ClFN2O5S. The number of nitrogens with zero attached hydrogens (tertiary/aromatic N) is 1. The van der Waals surface area contributed by atoms with Crippen molar-refractivity contribution < 1.29 is 27.1 Å². The molecule has 0 atom stereocenters. The maximum absolute atomic E-state index is 13.5. The maximum atomic E-state index is 13.5. The lowest BCUT2D eigenvalue weighted by Gasteiger charge is -2.14. The largest absolute Gasteiger partial charge is 0.452 e. The summed E-state index contributed by atoms with van der Waals surface area (Å²) in [4.78, 5) is 23.5. The van der Waals surface area contributed by atoms with Gasteiger partial charge in [0.15, 0.2) is 6.61 Å². The van der Waals surface area contributed by atoms with E-state index in [9.17, 15) is 22.4 Å². The first-order valence-corrected chi connectivity index (χ1v) is 10.0. The first kappa shape index (κ1) is 22.5. The number of benzene rings is 2. The van der Waals surface area contributed by atoms with Gasteiger partial charge in [0.1, 0.15) is 10.7 Å². The Bertz CT molecular complexity index is 1050. The van der Waals surface area contributed by atoms with Crippen LogP contribution in [0, 0.1) is 5.82 Å². The van der Waals surface area contributed by atoms with Crippen LogP contribution in [0.25, 0.3) is 6.08 Å². The number of hydrogen-bond acceptors (Lipinski definition) is 5. The van der Waals surface area contributed by atoms with Crippen molar-refractivity contribution in [3.8, 4) is 0 Å². The Kier molecular flexibility index (Phi) is 7.49. The zero-order chi connectivity index (χ0) is 21.6. The van der Waals surface area contributed by atoms with Gasteiger partial charge in [-0.2, -0.15) is 0 Å². The second-order valence-electron chi connectivity index (χ2n) is 5.94. The van der Waals surface area contributed by atoms with Crippen molar-refractivity contribution in [3.05, 3.63) is 64.9 Å². The van der Waals surface area contributed by atoms with E-state index in [1.54, 1.807) is 6.07 Å². The number of nitrogens with one attached hydrogen (secondary N) is 1. The van der Waals surface area contributed by atoms with E-state index >= 15 is 0 Å². The lowest BCUT2D eigenvalue weighted by Crippen LogP contribution is -2.23. The van der Waals surface area contributed by atoms with Crippen molar-refractivity contribution in [2.75, 3.05) is 26.0 Å². The molecule has 0 saturated heterocycles. The summed E-state index contributed by atoms with van der Waals surface area (Å²) in [5.74, 6) is -2.02. The summed E-state index contributed by atoms with van der Waals surface area (Å²) in [5.41, 5.74) is 0.363. The predicted octanol–water partition coefficient (Wildman–Crippen LogP) is 2.92. The molecule has 7 nitrogen and oxygen atoms in total. The summed E-state index contributed by atoms with van der Waals surface area (Å²) in [7, 11) is -1.10. The number of hydrogen-bond donors (Lipinski definition) is 1. The standard InChI is InChI=1S/C19H18ClFN2O5S/c1-23(2)29(26,27)17-11-14(8-9-15(17)20)22-18(24)12-28-19(25)10-7-13-5-3-4-6-16(13)21/h3-11H,12H2,1-2H3,(H,22,24)/b10-7+. The minimum atomic E-state index is -3.80. The van der Waals surface area contributed by atoms with Gasteiger partial charge in [-0.25, -0.2) is 21.9 Å². The highest BCUT2D eigenvalue weighted by Gasteiger charge is 2.21. The molecule has 0 aliphatic rings. The lowest BCUT2D eigenvalue weighted by atomic mass is 10.2. The fraction of sp³-hybridized carbons (Fsp3) is 0.158. The van der Waals surface area contributed by atoms with Crippen molar-refractivity contribution in [1.29, 1.82) is 0 Å². The van der Waals surface area contributed by atoms with E-state index in [2.05, 4.69) is 5.32 Å². The van der Waals surface area contributed by atoms with Gasteiger partial charge >= 0.3 is 5.97 Å². The second-order valence-corrected chi connectivity index (χ2v) is 8.47. The smallest absolute Gasteiger partial charge is 0.331 e. The molecule has 0 fully saturated rings. The van der Waals surface area contributed by atoms with Crippen molar-refractivity contribution >= 4 is 45.3 Å². The molecule has 0 unspecified atom stereocenters. The SMILES string of the molecule is CN(C)S(=O)(=O)c1cc(NC(=O)COC(=O)/C=C/c2ccccc2F)ccc1Cl. The minimum absolute atomic E-state index is 0.00130. The molecule has 2 aromatic rings. The van der Waals surface area contributed by atoms with Crippen molar-refractivity contribution in [2.45, 2.75) is 4.90 Å². The summed E-state index contributed by atoms with van der Waals surface area (Å²) >= 11 is 5.94. The number of rotatable bonds is 7. The van der Waals surface area contributed by atoms with Gasteiger partial charge < -0.3 is 10.1 Å². The van der Waals surface area contributed by atoms with Gasteiger partial charge in [0.25, 0.3) is 5.91 Å². The summed E-state index contributed by atoms with van der Waals surface area (Å²) < 4.78 is 43.7. The van der Waals surface area contributed by atoms with Crippen LogP contribution in [0.5, 0.6) is 0 Å². The van der Waals surface area contributed by atoms with Crippen molar-refractivity contribution in [3.63, 3.8) is 0 Å². The van der Waals surface area contributed by atoms with Crippen LogP contribution >= 0.6 is 11.6 Å². The minimum Gasteiger partial charge on any atom is -0.452 e. The average molecular weight is 441 g/mol. The van der Waals surface area contributed by atoms with E-state index in [0.29, 0.717) is 0 Å². The molecule has 0 spiro atoms. The summed E-state index contributed by atoms with van der Waals surface area (Å²) in [6.07, 6.45) is 2.23. The normalized spacial score (nSPS) is 11.6. The van der Waals surface area contributed by atoms with E-state index in [4.69, 9.17) is 16.3 Å². The molecule has 29 heavy (non-hydrogen) atoms. The van der Waals surface area contributed by atoms with E-state index in [0.717, 1.165) is 10.4 Å². The van der Waals surface area contributed by atoms with Gasteiger partial charge in [-0.3, -0.25) is 4.79 Å². The number of carbonyl (C=O) groups is 2. The number of sulfonamides is 1. The molecule has 10 heteroatoms. The third-order valence-corrected chi connectivity index (χ3v) is 5.92. The first-order chi connectivity index (χ1) is 13.6. The van der Waals surface area contributed by atoms with Gasteiger partial charge in [-0.15, -0.1) is 0 Å². The fourth-order valence-electron chi connectivity index (χ4n) is 2.13. The van der Waals surface area contributed by atoms with Gasteiger partial charge in [-0.1, -0.05) is 29.8 Å². The molecule has 0 bridgehead atoms. The summed E-state index contributed by atoms with van der Waals surface area (Å²) in [6.45, 7) is -0.612. The summed E-state index contributed by atoms with van der Waals surface area (Å²) in [6, 6.07) is 9.79. The number of ether oxygens (including phenoxy) is 1. The number of halogens is 2. The van der Waals surface area contributed by atoms with E-state index in [1.165, 1.54) is 56.6 Å². The number of amides is 1. The molecule has 0 radical (unpaired) electrons. The van der Waals surface area contributed by atoms with Crippen LogP contribution in [0.2, 0.25) is 5.02 Å². The monoisotopic (exact) mass is 440 g/mol. The Morgan fingerprint density at radius 1 is 1.21 bits per heavy atom. The Labute approximate surface area is 172 Å². The van der Waals surface area contributed by atoms with E-state index in [-0.39, 0.29) is 21.2 Å². The van der Waals surface area contributed by atoms with Crippen LogP contribution in [-0.2, 0) is 24.3 Å². The third kappa shape index (κ3) is 6.11. The molecule has 0 heterocycles. The molecule has 0 aliphatic carbocycles. The van der Waals surface area contributed by atoms with Crippen LogP contribution in [0.15, 0.2) is 53.4 Å².